The predicted molar refractivity (Wildman–Crippen MR) is 130 cm³/mol. The minimum Gasteiger partial charge on any atom is -0.493 e. The first-order valence-electron chi connectivity index (χ1n) is 10.6. The largest absolute Gasteiger partial charge is 0.493 e. The molecular formula is C26H26N2O7. The standard InChI is InChI=1S/C26H26N2O7/c1-17-7-5-6-8-21(17)34-16-24(29)28-27-15-18-9-11-20(12-10-18)35-26(30)19-13-22(31-2)25(33-4)23(14-19)32-3/h5-15H,16H2,1-4H3,(H,28,29)/b27-15-. The van der Waals surface area contributed by atoms with Crippen molar-refractivity contribution in [2.24, 2.45) is 5.10 Å². The van der Waals surface area contributed by atoms with Crippen LogP contribution in [0.5, 0.6) is 28.7 Å². The molecule has 0 aliphatic rings. The minimum atomic E-state index is -0.591. The first-order chi connectivity index (χ1) is 16.9. The van der Waals surface area contributed by atoms with Crippen LogP contribution in [-0.4, -0.2) is 46.0 Å². The van der Waals surface area contributed by atoms with Gasteiger partial charge in [0.15, 0.2) is 18.1 Å². The SMILES string of the molecule is COc1cc(C(=O)Oc2ccc(/C=N\NC(=O)COc3ccccc3C)cc2)cc(OC)c1OC. The summed E-state index contributed by atoms with van der Waals surface area (Å²) in [6, 6.07) is 17.1. The molecule has 3 aromatic rings. The third kappa shape index (κ3) is 6.73. The Hall–Kier alpha value is -4.53. The van der Waals surface area contributed by atoms with Crippen LogP contribution in [0.4, 0.5) is 0 Å². The Labute approximate surface area is 203 Å². The molecule has 0 aromatic heterocycles. The van der Waals surface area contributed by atoms with Gasteiger partial charge in [-0.05, 0) is 60.5 Å². The van der Waals surface area contributed by atoms with E-state index in [0.717, 1.165) is 5.56 Å². The number of amides is 1. The van der Waals surface area contributed by atoms with Gasteiger partial charge in [0.05, 0.1) is 33.1 Å². The van der Waals surface area contributed by atoms with E-state index < -0.39 is 5.97 Å². The van der Waals surface area contributed by atoms with Gasteiger partial charge in [-0.1, -0.05) is 18.2 Å². The lowest BCUT2D eigenvalue weighted by molar-refractivity contribution is -0.123. The molecule has 9 heteroatoms. The second-order valence-electron chi connectivity index (χ2n) is 7.22. The first kappa shape index (κ1) is 25.1. The molecule has 1 amide bonds. The number of ether oxygens (including phenoxy) is 5. The quantitative estimate of drug-likeness (QED) is 0.205. The summed E-state index contributed by atoms with van der Waals surface area (Å²) >= 11 is 0. The van der Waals surface area contributed by atoms with Gasteiger partial charge in [0.25, 0.3) is 5.91 Å². The number of esters is 1. The first-order valence-corrected chi connectivity index (χ1v) is 10.6. The van der Waals surface area contributed by atoms with E-state index in [1.807, 2.05) is 25.1 Å². The summed E-state index contributed by atoms with van der Waals surface area (Å²) in [4.78, 5) is 24.5. The molecule has 0 saturated carbocycles. The Bertz CT molecular complexity index is 1180. The Balaban J connectivity index is 1.55. The molecule has 0 aliphatic heterocycles. The Kier molecular flexibility index (Phi) is 8.66. The molecule has 0 aliphatic carbocycles. The maximum Gasteiger partial charge on any atom is 0.343 e. The van der Waals surface area contributed by atoms with Gasteiger partial charge in [0.1, 0.15) is 11.5 Å². The fourth-order valence-corrected chi connectivity index (χ4v) is 3.06. The van der Waals surface area contributed by atoms with Crippen LogP contribution in [-0.2, 0) is 4.79 Å². The number of hydrogen-bond acceptors (Lipinski definition) is 8. The molecular weight excluding hydrogens is 452 g/mol. The normalized spacial score (nSPS) is 10.5. The second kappa shape index (κ2) is 12.1. The second-order valence-corrected chi connectivity index (χ2v) is 7.22. The number of carbonyl (C=O) groups is 2. The molecule has 0 unspecified atom stereocenters. The number of aryl methyl sites for hydroxylation is 1. The monoisotopic (exact) mass is 478 g/mol. The molecule has 3 rings (SSSR count). The summed E-state index contributed by atoms with van der Waals surface area (Å²) in [6.45, 7) is 1.75. The predicted octanol–water partition coefficient (Wildman–Crippen LogP) is 3.77. The third-order valence-corrected chi connectivity index (χ3v) is 4.85. The fraction of sp³-hybridized carbons (Fsp3) is 0.192. The minimum absolute atomic E-state index is 0.155. The van der Waals surface area contributed by atoms with E-state index in [-0.39, 0.29) is 18.1 Å². The van der Waals surface area contributed by atoms with Crippen molar-refractivity contribution in [3.63, 3.8) is 0 Å². The zero-order valence-electron chi connectivity index (χ0n) is 19.9. The van der Waals surface area contributed by atoms with E-state index in [2.05, 4.69) is 10.5 Å². The van der Waals surface area contributed by atoms with Crippen molar-refractivity contribution in [1.82, 2.24) is 5.43 Å². The van der Waals surface area contributed by atoms with Crippen LogP contribution in [0.25, 0.3) is 0 Å². The number of benzene rings is 3. The van der Waals surface area contributed by atoms with Crippen molar-refractivity contribution < 1.29 is 33.3 Å². The summed E-state index contributed by atoms with van der Waals surface area (Å²) in [7, 11) is 4.41. The maximum absolute atomic E-state index is 12.6. The Morgan fingerprint density at radius 2 is 1.54 bits per heavy atom. The van der Waals surface area contributed by atoms with E-state index in [4.69, 9.17) is 23.7 Å². The molecule has 3 aromatic carbocycles. The summed E-state index contributed by atoms with van der Waals surface area (Å²) in [6.07, 6.45) is 1.47. The van der Waals surface area contributed by atoms with Gasteiger partial charge in [-0.15, -0.1) is 0 Å². The highest BCUT2D eigenvalue weighted by atomic mass is 16.5. The van der Waals surface area contributed by atoms with Gasteiger partial charge in [-0.2, -0.15) is 5.10 Å². The molecule has 0 radical (unpaired) electrons. The van der Waals surface area contributed by atoms with Crippen molar-refractivity contribution in [2.45, 2.75) is 6.92 Å². The number of para-hydroxylation sites is 1. The van der Waals surface area contributed by atoms with Crippen LogP contribution in [0.1, 0.15) is 21.5 Å². The average Bonchev–Trinajstić information content (AvgIpc) is 2.88. The highest BCUT2D eigenvalue weighted by Gasteiger charge is 2.18. The molecule has 0 fully saturated rings. The van der Waals surface area contributed by atoms with Gasteiger partial charge in [0, 0.05) is 0 Å². The number of nitrogens with zero attached hydrogens (tertiary/aromatic N) is 1. The lowest BCUT2D eigenvalue weighted by Gasteiger charge is -2.13. The zero-order chi connectivity index (χ0) is 25.2. The number of methoxy groups -OCH3 is 3. The van der Waals surface area contributed by atoms with Crippen LogP contribution in [0, 0.1) is 6.92 Å². The Morgan fingerprint density at radius 3 is 2.14 bits per heavy atom. The van der Waals surface area contributed by atoms with Crippen molar-refractivity contribution in [1.29, 1.82) is 0 Å². The number of rotatable bonds is 10. The molecule has 0 heterocycles. The molecule has 0 bridgehead atoms. The molecule has 9 nitrogen and oxygen atoms in total. The lowest BCUT2D eigenvalue weighted by atomic mass is 10.2. The summed E-state index contributed by atoms with van der Waals surface area (Å²) in [5, 5.41) is 3.92. The van der Waals surface area contributed by atoms with Gasteiger partial charge in [0.2, 0.25) is 5.75 Å². The van der Waals surface area contributed by atoms with Gasteiger partial charge in [-0.3, -0.25) is 4.79 Å². The van der Waals surface area contributed by atoms with Gasteiger partial charge in [-0.25, -0.2) is 10.2 Å². The Morgan fingerprint density at radius 1 is 0.886 bits per heavy atom. The van der Waals surface area contributed by atoms with Crippen molar-refractivity contribution in [2.75, 3.05) is 27.9 Å². The number of hydrazone groups is 1. The summed E-state index contributed by atoms with van der Waals surface area (Å²) < 4.78 is 26.7. The number of carbonyl (C=O) groups excluding carboxylic acids is 2. The van der Waals surface area contributed by atoms with E-state index in [1.165, 1.54) is 39.7 Å². The van der Waals surface area contributed by atoms with Crippen molar-refractivity contribution in [3.8, 4) is 28.7 Å². The molecule has 0 spiro atoms. The highest BCUT2D eigenvalue weighted by Crippen LogP contribution is 2.38. The molecule has 182 valence electrons. The van der Waals surface area contributed by atoms with Crippen LogP contribution in [0.3, 0.4) is 0 Å². The van der Waals surface area contributed by atoms with Gasteiger partial charge >= 0.3 is 5.97 Å². The van der Waals surface area contributed by atoms with Gasteiger partial charge < -0.3 is 23.7 Å². The molecule has 0 atom stereocenters. The maximum atomic E-state index is 12.6. The summed E-state index contributed by atoms with van der Waals surface area (Å²) in [5.74, 6) is 1.06. The lowest BCUT2D eigenvalue weighted by Crippen LogP contribution is -2.24. The van der Waals surface area contributed by atoms with E-state index in [0.29, 0.717) is 34.3 Å². The van der Waals surface area contributed by atoms with Crippen LogP contribution >= 0.6 is 0 Å². The average molecular weight is 479 g/mol. The van der Waals surface area contributed by atoms with E-state index >= 15 is 0 Å². The highest BCUT2D eigenvalue weighted by molar-refractivity contribution is 5.93. The molecule has 35 heavy (non-hydrogen) atoms. The van der Waals surface area contributed by atoms with Crippen LogP contribution in [0.15, 0.2) is 65.8 Å². The molecule has 1 N–H and O–H groups in total. The number of nitrogens with one attached hydrogen (secondary N) is 1. The van der Waals surface area contributed by atoms with Crippen LogP contribution < -0.4 is 29.1 Å². The van der Waals surface area contributed by atoms with E-state index in [1.54, 1.807) is 30.3 Å². The van der Waals surface area contributed by atoms with Crippen LogP contribution in [0.2, 0.25) is 0 Å². The topological polar surface area (TPSA) is 105 Å². The number of hydrogen-bond donors (Lipinski definition) is 1. The summed E-state index contributed by atoms with van der Waals surface area (Å²) in [5.41, 5.74) is 4.28. The third-order valence-electron chi connectivity index (χ3n) is 4.85. The van der Waals surface area contributed by atoms with E-state index in [9.17, 15) is 9.59 Å². The fourth-order valence-electron chi connectivity index (χ4n) is 3.06. The smallest absolute Gasteiger partial charge is 0.343 e. The van der Waals surface area contributed by atoms with Crippen molar-refractivity contribution in [3.05, 3.63) is 77.4 Å². The molecule has 0 saturated heterocycles. The zero-order valence-corrected chi connectivity index (χ0v) is 19.9. The van der Waals surface area contributed by atoms with Crippen molar-refractivity contribution >= 4 is 18.1 Å².